The van der Waals surface area contributed by atoms with Crippen molar-refractivity contribution in [3.63, 3.8) is 0 Å². The van der Waals surface area contributed by atoms with Crippen LogP contribution in [0, 0.1) is 0 Å². The summed E-state index contributed by atoms with van der Waals surface area (Å²) >= 11 is 5.88. The Morgan fingerprint density at radius 2 is 1.51 bits per heavy atom. The maximum atomic E-state index is 12.2. The third-order valence-corrected chi connectivity index (χ3v) is 5.32. The summed E-state index contributed by atoms with van der Waals surface area (Å²) in [5, 5.41) is 12.8. The summed E-state index contributed by atoms with van der Waals surface area (Å²) in [6.07, 6.45) is 3.48. The fourth-order valence-corrected chi connectivity index (χ4v) is 3.58. The van der Waals surface area contributed by atoms with Gasteiger partial charge in [0, 0.05) is 57.0 Å². The van der Waals surface area contributed by atoms with Crippen LogP contribution in [0.15, 0.2) is 54.6 Å². The Morgan fingerprint density at radius 1 is 0.943 bits per heavy atom. The number of carbonyl (C=O) groups excluding carboxylic acids is 1. The molecule has 0 aliphatic rings. The minimum atomic E-state index is -0.937. The van der Waals surface area contributed by atoms with Crippen LogP contribution in [0.2, 0.25) is 5.02 Å². The van der Waals surface area contributed by atoms with Gasteiger partial charge < -0.3 is 20.2 Å². The molecule has 0 fully saturated rings. The first-order valence-corrected chi connectivity index (χ1v) is 11.3. The van der Waals surface area contributed by atoms with Crippen molar-refractivity contribution >= 4 is 46.9 Å². The molecule has 1 heterocycles. The molecule has 2 aromatic carbocycles. The van der Waals surface area contributed by atoms with Crippen LogP contribution < -0.4 is 15.1 Å². The molecule has 0 unspecified atom stereocenters. The summed E-state index contributed by atoms with van der Waals surface area (Å²) < 4.78 is 0. The number of benzene rings is 2. The van der Waals surface area contributed by atoms with Crippen molar-refractivity contribution in [2.75, 3.05) is 43.3 Å². The number of nitrogens with one attached hydrogen (secondary N) is 1. The van der Waals surface area contributed by atoms with Gasteiger partial charge in [-0.1, -0.05) is 35.9 Å². The molecular weight excluding hydrogens is 466 g/mol. The zero-order chi connectivity index (χ0) is 25.5. The van der Waals surface area contributed by atoms with Crippen molar-refractivity contribution in [3.05, 3.63) is 82.1 Å². The van der Waals surface area contributed by atoms with E-state index in [1.165, 1.54) is 6.08 Å². The molecule has 0 radical (unpaired) electrons. The zero-order valence-electron chi connectivity index (χ0n) is 20.1. The summed E-state index contributed by atoms with van der Waals surface area (Å²) in [7, 11) is 7.32. The molecule has 8 nitrogen and oxygen atoms in total. The van der Waals surface area contributed by atoms with Crippen LogP contribution >= 0.6 is 11.6 Å². The van der Waals surface area contributed by atoms with Crippen molar-refractivity contribution < 1.29 is 14.7 Å². The second kappa shape index (κ2) is 11.5. The summed E-state index contributed by atoms with van der Waals surface area (Å²) in [5.74, 6) is 0.564. The maximum Gasteiger partial charge on any atom is 0.308 e. The van der Waals surface area contributed by atoms with E-state index in [-0.39, 0.29) is 12.3 Å². The number of carboxylic acid groups (broad SMARTS) is 1. The van der Waals surface area contributed by atoms with Crippen LogP contribution in [-0.4, -0.2) is 55.1 Å². The van der Waals surface area contributed by atoms with E-state index in [9.17, 15) is 14.7 Å². The van der Waals surface area contributed by atoms with Crippen LogP contribution in [0.25, 0.3) is 6.08 Å². The second-order valence-corrected chi connectivity index (χ2v) is 8.81. The monoisotopic (exact) mass is 493 g/mol. The molecular formula is C26H28ClN5O3. The summed E-state index contributed by atoms with van der Waals surface area (Å²) in [6, 6.07) is 14.6. The third-order valence-electron chi connectivity index (χ3n) is 5.07. The van der Waals surface area contributed by atoms with Crippen LogP contribution in [0.4, 0.5) is 17.3 Å². The van der Waals surface area contributed by atoms with Gasteiger partial charge in [0.1, 0.15) is 17.5 Å². The lowest BCUT2D eigenvalue weighted by atomic mass is 10.1. The Morgan fingerprint density at radius 3 is 2.03 bits per heavy atom. The fourth-order valence-electron chi connectivity index (χ4n) is 3.45. The largest absolute Gasteiger partial charge is 0.481 e. The molecule has 1 aromatic heterocycles. The Bertz CT molecular complexity index is 1190. The number of amides is 1. The Labute approximate surface area is 209 Å². The van der Waals surface area contributed by atoms with E-state index in [4.69, 9.17) is 11.6 Å². The highest BCUT2D eigenvalue weighted by Gasteiger charge is 2.20. The SMILES string of the molecule is CN(C)c1nc(Cc2ccc(NC(=O)C=Cc3ccc(Cl)cc3)cc2)nc(N(C)C)c1CC(=O)O. The molecule has 0 aliphatic carbocycles. The maximum absolute atomic E-state index is 12.2. The van der Waals surface area contributed by atoms with E-state index >= 15 is 0 Å². The third kappa shape index (κ3) is 7.28. The topological polar surface area (TPSA) is 98.7 Å². The number of carboxylic acids is 1. The van der Waals surface area contributed by atoms with Crippen molar-refractivity contribution in [1.29, 1.82) is 0 Å². The average molecular weight is 494 g/mol. The average Bonchev–Trinajstić information content (AvgIpc) is 2.80. The number of nitrogens with zero attached hydrogens (tertiary/aromatic N) is 4. The highest BCUT2D eigenvalue weighted by molar-refractivity contribution is 6.30. The molecule has 0 aliphatic heterocycles. The number of hydrogen-bond acceptors (Lipinski definition) is 6. The van der Waals surface area contributed by atoms with Gasteiger partial charge in [-0.05, 0) is 41.5 Å². The molecule has 3 aromatic rings. The molecule has 0 saturated carbocycles. The lowest BCUT2D eigenvalue weighted by molar-refractivity contribution is -0.136. The molecule has 0 atom stereocenters. The molecule has 1 amide bonds. The van der Waals surface area contributed by atoms with Crippen molar-refractivity contribution in [2.24, 2.45) is 0 Å². The van der Waals surface area contributed by atoms with Gasteiger partial charge in [-0.2, -0.15) is 0 Å². The van der Waals surface area contributed by atoms with E-state index in [2.05, 4.69) is 15.3 Å². The van der Waals surface area contributed by atoms with Crippen LogP contribution in [0.3, 0.4) is 0 Å². The van der Waals surface area contributed by atoms with E-state index in [0.717, 1.165) is 11.1 Å². The molecule has 9 heteroatoms. The number of aromatic nitrogens is 2. The lowest BCUT2D eigenvalue weighted by Gasteiger charge is -2.22. The van der Waals surface area contributed by atoms with Gasteiger partial charge in [0.05, 0.1) is 6.42 Å². The number of anilines is 3. The number of halogens is 1. The van der Waals surface area contributed by atoms with Crippen LogP contribution in [0.1, 0.15) is 22.5 Å². The van der Waals surface area contributed by atoms with E-state index in [0.29, 0.717) is 40.2 Å². The van der Waals surface area contributed by atoms with E-state index in [1.807, 2.05) is 64.6 Å². The van der Waals surface area contributed by atoms with Gasteiger partial charge >= 0.3 is 5.97 Å². The summed E-state index contributed by atoms with van der Waals surface area (Å²) in [6.45, 7) is 0. The Hall–Kier alpha value is -3.91. The predicted molar refractivity (Wildman–Crippen MR) is 140 cm³/mol. The molecule has 182 valence electrons. The molecule has 3 rings (SSSR count). The predicted octanol–water partition coefficient (Wildman–Crippen LogP) is 4.13. The van der Waals surface area contributed by atoms with Gasteiger partial charge in [-0.25, -0.2) is 9.97 Å². The number of carbonyl (C=O) groups is 2. The summed E-state index contributed by atoms with van der Waals surface area (Å²) in [5.41, 5.74) is 3.07. The van der Waals surface area contributed by atoms with E-state index < -0.39 is 5.97 Å². The minimum Gasteiger partial charge on any atom is -0.481 e. The van der Waals surface area contributed by atoms with Gasteiger partial charge in [-0.3, -0.25) is 9.59 Å². The first kappa shape index (κ1) is 25.7. The first-order chi connectivity index (χ1) is 16.6. The van der Waals surface area contributed by atoms with Gasteiger partial charge in [0.25, 0.3) is 0 Å². The quantitative estimate of drug-likeness (QED) is 0.432. The fraction of sp³-hybridized carbons (Fsp3) is 0.231. The van der Waals surface area contributed by atoms with Gasteiger partial charge in [0.2, 0.25) is 5.91 Å². The molecule has 2 N–H and O–H groups in total. The second-order valence-electron chi connectivity index (χ2n) is 8.37. The van der Waals surface area contributed by atoms with Gasteiger partial charge in [0.15, 0.2) is 0 Å². The van der Waals surface area contributed by atoms with Crippen molar-refractivity contribution in [1.82, 2.24) is 9.97 Å². The standard InChI is InChI=1S/C26H28ClN5O3/c1-31(2)25-21(16-24(34)35)26(32(3)4)30-22(29-25)15-18-7-12-20(13-8-18)28-23(33)14-9-17-5-10-19(27)11-6-17/h5-14H,15-16H2,1-4H3,(H,28,33)(H,34,35). The summed E-state index contributed by atoms with van der Waals surface area (Å²) in [4.78, 5) is 36.5. The number of hydrogen-bond donors (Lipinski definition) is 2. The smallest absolute Gasteiger partial charge is 0.308 e. The highest BCUT2D eigenvalue weighted by atomic mass is 35.5. The molecule has 0 spiro atoms. The van der Waals surface area contributed by atoms with Crippen LogP contribution in [-0.2, 0) is 22.4 Å². The van der Waals surface area contributed by atoms with Crippen molar-refractivity contribution in [3.8, 4) is 0 Å². The highest BCUT2D eigenvalue weighted by Crippen LogP contribution is 2.27. The van der Waals surface area contributed by atoms with Crippen molar-refractivity contribution in [2.45, 2.75) is 12.8 Å². The van der Waals surface area contributed by atoms with E-state index in [1.54, 1.807) is 28.0 Å². The molecule has 35 heavy (non-hydrogen) atoms. The lowest BCUT2D eigenvalue weighted by Crippen LogP contribution is -2.22. The Balaban J connectivity index is 1.73. The number of aliphatic carboxylic acids is 1. The van der Waals surface area contributed by atoms with Gasteiger partial charge in [-0.15, -0.1) is 0 Å². The molecule has 0 bridgehead atoms. The van der Waals surface area contributed by atoms with Crippen LogP contribution in [0.5, 0.6) is 0 Å². The first-order valence-electron chi connectivity index (χ1n) is 10.9. The number of rotatable bonds is 9. The molecule has 0 saturated heterocycles. The normalized spacial score (nSPS) is 10.9. The minimum absolute atomic E-state index is 0.165. The zero-order valence-corrected chi connectivity index (χ0v) is 20.9. The Kier molecular flexibility index (Phi) is 8.43.